The molecule has 1 aliphatic rings. The lowest BCUT2D eigenvalue weighted by molar-refractivity contribution is -0.165. The van der Waals surface area contributed by atoms with Crippen molar-refractivity contribution in [2.45, 2.75) is 28.9 Å². The zero-order valence-corrected chi connectivity index (χ0v) is 25.7. The van der Waals surface area contributed by atoms with Gasteiger partial charge in [0.2, 0.25) is 0 Å². The molecule has 0 saturated heterocycles. The fourth-order valence-corrected chi connectivity index (χ4v) is 5.30. The van der Waals surface area contributed by atoms with Gasteiger partial charge in [-0.3, -0.25) is 0 Å². The first-order valence-electron chi connectivity index (χ1n) is 13.5. The molecule has 0 fully saturated rings. The fraction of sp³-hybridized carbons (Fsp3) is 0.281. The Morgan fingerprint density at radius 1 is 0.841 bits per heavy atom. The Balaban J connectivity index is 0.000000253. The van der Waals surface area contributed by atoms with E-state index in [0.29, 0.717) is 11.7 Å². The topological polar surface area (TPSA) is 168 Å². The van der Waals surface area contributed by atoms with Gasteiger partial charge in [0.25, 0.3) is 0 Å². The maximum Gasteiger partial charge on any atom is 0.335 e. The summed E-state index contributed by atoms with van der Waals surface area (Å²) in [7, 11) is 5.84. The van der Waals surface area contributed by atoms with Gasteiger partial charge in [0, 0.05) is 34.5 Å². The zero-order valence-electron chi connectivity index (χ0n) is 24.9. The lowest BCUT2D eigenvalue weighted by Crippen LogP contribution is -2.39. The van der Waals surface area contributed by atoms with Crippen LogP contribution in [0.5, 0.6) is 5.75 Å². The van der Waals surface area contributed by atoms with Crippen LogP contribution in [-0.4, -0.2) is 94.8 Å². The monoisotopic (exact) mass is 626 g/mol. The molecule has 1 aliphatic heterocycles. The standard InChI is InChI=1S/C18H22N2S.C10H10O3.C4H6O6/c1-14(12-19(2)3)13-20-15-8-4-6-10-17(15)21-18-11-7-5-9-16(18)20;1-13-9-5-3-2-4-8(9)6-7-10(11)12;5-1(3(7)8)2(6)4(9)10/h4-11,14H,12-13H2,1-3H3;2-7H,1H3,(H,11,12);1-2,5-6H,(H,7,8)(H,9,10). The minimum Gasteiger partial charge on any atom is -0.496 e. The third-order valence-corrected chi connectivity index (χ3v) is 7.18. The largest absolute Gasteiger partial charge is 0.496 e. The first-order valence-corrected chi connectivity index (χ1v) is 14.3. The Morgan fingerprint density at radius 2 is 1.32 bits per heavy atom. The number of aliphatic hydroxyl groups excluding tert-OH is 2. The quantitative estimate of drug-likeness (QED) is 0.204. The summed E-state index contributed by atoms with van der Waals surface area (Å²) in [6.07, 6.45) is -1.95. The predicted octanol–water partition coefficient (Wildman–Crippen LogP) is 4.16. The molecule has 44 heavy (non-hydrogen) atoms. The molecule has 3 aromatic rings. The number of carboxylic acids is 3. The van der Waals surface area contributed by atoms with E-state index in [2.05, 4.69) is 79.3 Å². The van der Waals surface area contributed by atoms with E-state index in [0.717, 1.165) is 24.7 Å². The van der Waals surface area contributed by atoms with Gasteiger partial charge < -0.3 is 40.1 Å². The average Bonchev–Trinajstić information content (AvgIpc) is 2.99. The van der Waals surface area contributed by atoms with Gasteiger partial charge >= 0.3 is 17.9 Å². The number of carboxylic acid groups (broad SMARTS) is 3. The summed E-state index contributed by atoms with van der Waals surface area (Å²) in [5.74, 6) is -3.22. The van der Waals surface area contributed by atoms with Crippen molar-refractivity contribution in [3.8, 4) is 5.75 Å². The number of hydrogen-bond acceptors (Lipinski definition) is 9. The maximum atomic E-state index is 10.2. The molecule has 3 atom stereocenters. The molecule has 236 valence electrons. The smallest absolute Gasteiger partial charge is 0.335 e. The van der Waals surface area contributed by atoms with Crippen molar-refractivity contribution in [1.82, 2.24) is 4.90 Å². The molecule has 3 aromatic carbocycles. The first kappa shape index (κ1) is 35.8. The van der Waals surface area contributed by atoms with Crippen molar-refractivity contribution in [1.29, 1.82) is 0 Å². The minimum atomic E-state index is -2.27. The summed E-state index contributed by atoms with van der Waals surface area (Å²) in [5.41, 5.74) is 3.44. The van der Waals surface area contributed by atoms with Crippen LogP contribution in [0.2, 0.25) is 0 Å². The Kier molecular flexibility index (Phi) is 14.4. The second-order valence-corrected chi connectivity index (χ2v) is 11.1. The van der Waals surface area contributed by atoms with E-state index in [1.807, 2.05) is 23.9 Å². The number of aliphatic hydroxyl groups is 2. The van der Waals surface area contributed by atoms with Gasteiger partial charge in [-0.25, -0.2) is 14.4 Å². The number of ether oxygens (including phenoxy) is 1. The van der Waals surface area contributed by atoms with Gasteiger partial charge in [-0.15, -0.1) is 0 Å². The van der Waals surface area contributed by atoms with Crippen LogP contribution in [0.1, 0.15) is 12.5 Å². The van der Waals surface area contributed by atoms with E-state index >= 15 is 0 Å². The number of nitrogens with zero attached hydrogens (tertiary/aromatic N) is 2. The molecule has 11 nitrogen and oxygen atoms in total. The van der Waals surface area contributed by atoms with Crippen molar-refractivity contribution < 1.29 is 44.7 Å². The van der Waals surface area contributed by atoms with Crippen molar-refractivity contribution >= 4 is 47.1 Å². The Morgan fingerprint density at radius 3 is 1.77 bits per heavy atom. The second kappa shape index (κ2) is 17.7. The van der Waals surface area contributed by atoms with Gasteiger partial charge in [-0.1, -0.05) is 61.2 Å². The van der Waals surface area contributed by atoms with Gasteiger partial charge in [-0.2, -0.15) is 0 Å². The molecule has 3 unspecified atom stereocenters. The second-order valence-electron chi connectivity index (χ2n) is 10.00. The SMILES string of the molecule is CC(CN(C)C)CN1c2ccccc2Sc2ccccc21.COc1ccccc1C=CC(=O)O.O=C(O)C(O)C(O)C(=O)O. The molecule has 4 rings (SSSR count). The Bertz CT molecular complexity index is 1370. The van der Waals surface area contributed by atoms with Crippen LogP contribution in [0.4, 0.5) is 11.4 Å². The number of para-hydroxylation sites is 3. The normalized spacial score (nSPS) is 13.7. The predicted molar refractivity (Wildman–Crippen MR) is 169 cm³/mol. The summed E-state index contributed by atoms with van der Waals surface area (Å²) in [5, 5.41) is 40.9. The molecular formula is C32H38N2O9S. The summed E-state index contributed by atoms with van der Waals surface area (Å²) in [6.45, 7) is 4.48. The number of rotatable bonds is 10. The van der Waals surface area contributed by atoms with Gasteiger partial charge in [0.1, 0.15) is 5.75 Å². The summed E-state index contributed by atoms with van der Waals surface area (Å²) in [4.78, 5) is 37.2. The number of benzene rings is 3. The molecule has 0 spiro atoms. The van der Waals surface area contributed by atoms with Crippen LogP contribution in [-0.2, 0) is 14.4 Å². The molecule has 12 heteroatoms. The van der Waals surface area contributed by atoms with E-state index in [9.17, 15) is 14.4 Å². The number of aliphatic carboxylic acids is 3. The van der Waals surface area contributed by atoms with E-state index in [4.69, 9.17) is 30.3 Å². The van der Waals surface area contributed by atoms with Crippen molar-refractivity contribution in [2.75, 3.05) is 39.2 Å². The fourth-order valence-electron chi connectivity index (χ4n) is 4.21. The van der Waals surface area contributed by atoms with Crippen LogP contribution in [0.25, 0.3) is 6.08 Å². The number of anilines is 2. The minimum absolute atomic E-state index is 0.615. The highest BCUT2D eigenvalue weighted by Gasteiger charge is 2.29. The van der Waals surface area contributed by atoms with Crippen molar-refractivity contribution in [2.24, 2.45) is 5.92 Å². The molecule has 0 bridgehead atoms. The van der Waals surface area contributed by atoms with Gasteiger partial charge in [-0.05, 0) is 56.4 Å². The molecule has 0 aliphatic carbocycles. The van der Waals surface area contributed by atoms with E-state index in [-0.39, 0.29) is 0 Å². The molecule has 1 heterocycles. The highest BCUT2D eigenvalue weighted by Crippen LogP contribution is 2.48. The van der Waals surface area contributed by atoms with Crippen LogP contribution < -0.4 is 9.64 Å². The average molecular weight is 627 g/mol. The first-order chi connectivity index (χ1) is 20.8. The van der Waals surface area contributed by atoms with Crippen LogP contribution in [0.15, 0.2) is 88.7 Å². The van der Waals surface area contributed by atoms with E-state index < -0.39 is 30.1 Å². The van der Waals surface area contributed by atoms with Gasteiger partial charge in [0.15, 0.2) is 12.2 Å². The molecule has 0 saturated carbocycles. The molecule has 0 radical (unpaired) electrons. The highest BCUT2D eigenvalue weighted by molar-refractivity contribution is 7.99. The summed E-state index contributed by atoms with van der Waals surface area (Å²) < 4.78 is 5.03. The van der Waals surface area contributed by atoms with E-state index in [1.165, 1.54) is 27.2 Å². The summed E-state index contributed by atoms with van der Waals surface area (Å²) in [6, 6.07) is 24.7. The zero-order chi connectivity index (χ0) is 32.8. The lowest BCUT2D eigenvalue weighted by Gasteiger charge is -2.35. The molecular weight excluding hydrogens is 588 g/mol. The van der Waals surface area contributed by atoms with Crippen LogP contribution in [0.3, 0.4) is 0 Å². The highest BCUT2D eigenvalue weighted by atomic mass is 32.2. The van der Waals surface area contributed by atoms with E-state index in [1.54, 1.807) is 19.2 Å². The molecule has 0 aromatic heterocycles. The third-order valence-electron chi connectivity index (χ3n) is 6.05. The number of fused-ring (bicyclic) bond motifs is 2. The summed E-state index contributed by atoms with van der Waals surface area (Å²) >= 11 is 1.88. The number of hydrogen-bond donors (Lipinski definition) is 5. The lowest BCUT2D eigenvalue weighted by atomic mass is 10.1. The molecule has 5 N–H and O–H groups in total. The van der Waals surface area contributed by atoms with Crippen LogP contribution in [0, 0.1) is 5.92 Å². The maximum absolute atomic E-state index is 10.2. The van der Waals surface area contributed by atoms with Crippen molar-refractivity contribution in [3.63, 3.8) is 0 Å². The molecule has 0 amide bonds. The Labute approximate surface area is 260 Å². The third kappa shape index (κ3) is 11.0. The number of methoxy groups -OCH3 is 1. The van der Waals surface area contributed by atoms with Gasteiger partial charge in [0.05, 0.1) is 18.5 Å². The number of carbonyl (C=O) groups is 3. The van der Waals surface area contributed by atoms with Crippen LogP contribution >= 0.6 is 11.8 Å². The van der Waals surface area contributed by atoms with Crippen molar-refractivity contribution in [3.05, 3.63) is 84.4 Å². The Hall–Kier alpha value is -4.36.